The molecule has 31 heavy (non-hydrogen) atoms. The fourth-order valence-corrected chi connectivity index (χ4v) is 5.06. The van der Waals surface area contributed by atoms with Crippen LogP contribution in [-0.2, 0) is 9.59 Å². The highest BCUT2D eigenvalue weighted by atomic mass is 16.2. The number of benzene rings is 2. The standard InChI is InChI=1S/C26H29N3O2/c30-25(21-11-6-14-29(17-21)26(31)18-7-1-2-8-18)27-22-12-5-10-19(15-22)24-16-20-9-3-4-13-23(20)28-24/h3-5,9-10,12-13,15-16,18,21,28H,1-2,6-8,11,14,17H2,(H,27,30). The number of nitrogens with zero attached hydrogens (tertiary/aromatic N) is 1. The number of aromatic amines is 1. The summed E-state index contributed by atoms with van der Waals surface area (Å²) in [6.07, 6.45) is 6.05. The predicted molar refractivity (Wildman–Crippen MR) is 124 cm³/mol. The van der Waals surface area contributed by atoms with E-state index in [9.17, 15) is 9.59 Å². The van der Waals surface area contributed by atoms with E-state index in [1.165, 1.54) is 5.39 Å². The third kappa shape index (κ3) is 4.22. The molecular formula is C26H29N3O2. The number of carbonyl (C=O) groups is 2. The molecule has 1 aromatic heterocycles. The molecule has 2 aromatic carbocycles. The van der Waals surface area contributed by atoms with Crippen molar-refractivity contribution in [2.24, 2.45) is 11.8 Å². The number of H-pyrrole nitrogens is 1. The van der Waals surface area contributed by atoms with Crippen LogP contribution < -0.4 is 5.32 Å². The Hall–Kier alpha value is -3.08. The van der Waals surface area contributed by atoms with Crippen LogP contribution in [0.2, 0.25) is 0 Å². The third-order valence-electron chi connectivity index (χ3n) is 6.78. The summed E-state index contributed by atoms with van der Waals surface area (Å²) in [6.45, 7) is 1.33. The molecule has 0 spiro atoms. The molecule has 2 fully saturated rings. The number of aromatic nitrogens is 1. The smallest absolute Gasteiger partial charge is 0.229 e. The van der Waals surface area contributed by atoms with Crippen molar-refractivity contribution in [3.8, 4) is 11.3 Å². The number of para-hydroxylation sites is 1. The first-order chi connectivity index (χ1) is 15.2. The van der Waals surface area contributed by atoms with Gasteiger partial charge < -0.3 is 15.2 Å². The number of hydrogen-bond donors (Lipinski definition) is 2. The second-order valence-corrected chi connectivity index (χ2v) is 8.95. The van der Waals surface area contributed by atoms with Crippen molar-refractivity contribution in [1.82, 2.24) is 9.88 Å². The zero-order valence-electron chi connectivity index (χ0n) is 17.8. The molecule has 1 atom stereocenters. The molecule has 3 aromatic rings. The average molecular weight is 416 g/mol. The van der Waals surface area contributed by atoms with Crippen molar-refractivity contribution in [3.05, 3.63) is 54.6 Å². The number of rotatable bonds is 4. The second-order valence-electron chi connectivity index (χ2n) is 8.95. The predicted octanol–water partition coefficient (Wildman–Crippen LogP) is 5.20. The van der Waals surface area contributed by atoms with E-state index < -0.39 is 0 Å². The minimum Gasteiger partial charge on any atom is -0.355 e. The van der Waals surface area contributed by atoms with Crippen molar-refractivity contribution in [2.75, 3.05) is 18.4 Å². The Morgan fingerprint density at radius 3 is 2.55 bits per heavy atom. The van der Waals surface area contributed by atoms with E-state index in [4.69, 9.17) is 0 Å². The van der Waals surface area contributed by atoms with Crippen molar-refractivity contribution in [1.29, 1.82) is 0 Å². The number of hydrogen-bond acceptors (Lipinski definition) is 2. The van der Waals surface area contributed by atoms with Crippen LogP contribution in [0.25, 0.3) is 22.2 Å². The van der Waals surface area contributed by atoms with Crippen molar-refractivity contribution in [2.45, 2.75) is 38.5 Å². The number of nitrogens with one attached hydrogen (secondary N) is 2. The summed E-state index contributed by atoms with van der Waals surface area (Å²) >= 11 is 0. The van der Waals surface area contributed by atoms with Gasteiger partial charge in [0.25, 0.3) is 0 Å². The van der Waals surface area contributed by atoms with E-state index in [1.807, 2.05) is 41.3 Å². The Bertz CT molecular complexity index is 1060. The Labute approximate surface area is 182 Å². The molecule has 2 heterocycles. The minimum atomic E-state index is -0.143. The minimum absolute atomic E-state index is 0.0118. The molecule has 2 amide bonds. The van der Waals surface area contributed by atoms with E-state index in [-0.39, 0.29) is 23.7 Å². The summed E-state index contributed by atoms with van der Waals surface area (Å²) in [5.74, 6) is 0.305. The summed E-state index contributed by atoms with van der Waals surface area (Å²) in [5, 5.41) is 4.26. The monoisotopic (exact) mass is 415 g/mol. The Kier molecular flexibility index (Phi) is 5.49. The van der Waals surface area contributed by atoms with Gasteiger partial charge in [0.05, 0.1) is 5.92 Å². The number of carbonyl (C=O) groups excluding carboxylic acids is 2. The van der Waals surface area contributed by atoms with Crippen LogP contribution >= 0.6 is 0 Å². The molecule has 1 aliphatic carbocycles. The number of fused-ring (bicyclic) bond motifs is 1. The molecule has 5 nitrogen and oxygen atoms in total. The van der Waals surface area contributed by atoms with Crippen LogP contribution in [0.1, 0.15) is 38.5 Å². The first kappa shape index (κ1) is 19.9. The highest BCUT2D eigenvalue weighted by Gasteiger charge is 2.33. The maximum absolute atomic E-state index is 13.0. The number of amides is 2. The lowest BCUT2D eigenvalue weighted by atomic mass is 9.95. The van der Waals surface area contributed by atoms with Crippen LogP contribution in [0.4, 0.5) is 5.69 Å². The third-order valence-corrected chi connectivity index (χ3v) is 6.78. The fraction of sp³-hybridized carbons (Fsp3) is 0.385. The Morgan fingerprint density at radius 2 is 1.71 bits per heavy atom. The normalized spacial score (nSPS) is 19.6. The van der Waals surface area contributed by atoms with Crippen molar-refractivity contribution < 1.29 is 9.59 Å². The van der Waals surface area contributed by atoms with E-state index >= 15 is 0 Å². The highest BCUT2D eigenvalue weighted by Crippen LogP contribution is 2.30. The summed E-state index contributed by atoms with van der Waals surface area (Å²) in [6, 6.07) is 18.3. The van der Waals surface area contributed by atoms with Crippen LogP contribution in [0.5, 0.6) is 0 Å². The molecule has 1 aliphatic heterocycles. The number of piperidine rings is 1. The van der Waals surface area contributed by atoms with Crippen LogP contribution in [0.3, 0.4) is 0 Å². The van der Waals surface area contributed by atoms with Gasteiger partial charge in [-0.05, 0) is 49.9 Å². The maximum Gasteiger partial charge on any atom is 0.229 e. The molecule has 0 bridgehead atoms. The second kappa shape index (κ2) is 8.58. The van der Waals surface area contributed by atoms with Gasteiger partial charge in [-0.25, -0.2) is 0 Å². The fourth-order valence-electron chi connectivity index (χ4n) is 5.06. The SMILES string of the molecule is O=C(Nc1cccc(-c2cc3ccccc3[nH]2)c1)C1CCCN(C(=O)C2CCCC2)C1. The quantitative estimate of drug-likeness (QED) is 0.615. The van der Waals surface area contributed by atoms with E-state index in [2.05, 4.69) is 28.5 Å². The first-order valence-electron chi connectivity index (χ1n) is 11.5. The lowest BCUT2D eigenvalue weighted by Gasteiger charge is -2.33. The van der Waals surface area contributed by atoms with Crippen molar-refractivity contribution >= 4 is 28.4 Å². The van der Waals surface area contributed by atoms with Crippen LogP contribution in [0.15, 0.2) is 54.6 Å². The molecule has 0 radical (unpaired) electrons. The summed E-state index contributed by atoms with van der Waals surface area (Å²) in [4.78, 5) is 31.2. The molecule has 1 unspecified atom stereocenters. The van der Waals surface area contributed by atoms with E-state index in [0.717, 1.165) is 67.5 Å². The molecule has 1 saturated heterocycles. The topological polar surface area (TPSA) is 65.2 Å². The van der Waals surface area contributed by atoms with Gasteiger partial charge in [0.1, 0.15) is 0 Å². The van der Waals surface area contributed by atoms with E-state index in [0.29, 0.717) is 6.54 Å². The van der Waals surface area contributed by atoms with Gasteiger partial charge in [0.2, 0.25) is 11.8 Å². The lowest BCUT2D eigenvalue weighted by molar-refractivity contribution is -0.138. The lowest BCUT2D eigenvalue weighted by Crippen LogP contribution is -2.45. The van der Waals surface area contributed by atoms with Gasteiger partial charge in [-0.3, -0.25) is 9.59 Å². The van der Waals surface area contributed by atoms with Crippen LogP contribution in [-0.4, -0.2) is 34.8 Å². The van der Waals surface area contributed by atoms with Gasteiger partial charge >= 0.3 is 0 Å². The van der Waals surface area contributed by atoms with Gasteiger partial charge in [-0.15, -0.1) is 0 Å². The molecule has 5 rings (SSSR count). The largest absolute Gasteiger partial charge is 0.355 e. The average Bonchev–Trinajstić information content (AvgIpc) is 3.49. The highest BCUT2D eigenvalue weighted by molar-refractivity contribution is 5.94. The van der Waals surface area contributed by atoms with Gasteiger partial charge in [-0.1, -0.05) is 43.2 Å². The van der Waals surface area contributed by atoms with Gasteiger partial charge in [0.15, 0.2) is 0 Å². The maximum atomic E-state index is 13.0. The van der Waals surface area contributed by atoms with E-state index in [1.54, 1.807) is 0 Å². The zero-order valence-corrected chi connectivity index (χ0v) is 17.8. The van der Waals surface area contributed by atoms with Crippen LogP contribution in [0, 0.1) is 11.8 Å². The van der Waals surface area contributed by atoms with Gasteiger partial charge in [-0.2, -0.15) is 0 Å². The molecule has 2 N–H and O–H groups in total. The summed E-state index contributed by atoms with van der Waals surface area (Å²) in [5.41, 5.74) is 3.96. The molecule has 1 saturated carbocycles. The summed E-state index contributed by atoms with van der Waals surface area (Å²) < 4.78 is 0. The number of likely N-dealkylation sites (tertiary alicyclic amines) is 1. The van der Waals surface area contributed by atoms with Crippen molar-refractivity contribution in [3.63, 3.8) is 0 Å². The zero-order chi connectivity index (χ0) is 21.2. The van der Waals surface area contributed by atoms with Gasteiger partial charge in [0, 0.05) is 46.9 Å². The molecule has 160 valence electrons. The molecular weight excluding hydrogens is 386 g/mol. The summed E-state index contributed by atoms with van der Waals surface area (Å²) in [7, 11) is 0. The number of anilines is 1. The Balaban J connectivity index is 1.27. The molecule has 2 aliphatic rings. The first-order valence-corrected chi connectivity index (χ1v) is 11.5. The Morgan fingerprint density at radius 1 is 0.903 bits per heavy atom. The molecule has 5 heteroatoms.